The van der Waals surface area contributed by atoms with Gasteiger partial charge in [-0.05, 0) is 48.9 Å². The molecule has 0 saturated heterocycles. The number of benzene rings is 1. The van der Waals surface area contributed by atoms with Gasteiger partial charge in [-0.2, -0.15) is 5.10 Å². The predicted molar refractivity (Wildman–Crippen MR) is 94.7 cm³/mol. The van der Waals surface area contributed by atoms with E-state index in [2.05, 4.69) is 20.2 Å². The van der Waals surface area contributed by atoms with E-state index in [1.165, 1.54) is 11.8 Å². The second kappa shape index (κ2) is 5.14. The number of hydrogen-bond donors (Lipinski definition) is 3. The van der Waals surface area contributed by atoms with Crippen LogP contribution in [0.25, 0.3) is 33.1 Å². The maximum absolute atomic E-state index is 12.3. The molecule has 0 saturated carbocycles. The van der Waals surface area contributed by atoms with Crippen LogP contribution in [0.15, 0.2) is 34.1 Å². The summed E-state index contributed by atoms with van der Waals surface area (Å²) in [6.07, 6.45) is 7.30. The van der Waals surface area contributed by atoms with Crippen LogP contribution in [0, 0.1) is 0 Å². The molecule has 0 spiro atoms. The molecule has 0 atom stereocenters. The molecular formula is C18H15N5O2. The van der Waals surface area contributed by atoms with Crippen LogP contribution in [0.3, 0.4) is 0 Å². The molecule has 7 nitrogen and oxygen atoms in total. The van der Waals surface area contributed by atoms with E-state index in [0.29, 0.717) is 11.3 Å². The van der Waals surface area contributed by atoms with Crippen LogP contribution in [0.2, 0.25) is 0 Å². The van der Waals surface area contributed by atoms with Gasteiger partial charge >= 0.3 is 5.69 Å². The quantitative estimate of drug-likeness (QED) is 0.495. The van der Waals surface area contributed by atoms with Crippen LogP contribution < -0.4 is 11.2 Å². The number of fused-ring (bicyclic) bond motifs is 5. The topological polar surface area (TPSA) is 107 Å². The van der Waals surface area contributed by atoms with Crippen molar-refractivity contribution in [3.05, 3.63) is 56.5 Å². The number of aryl methyl sites for hydroxylation is 1. The van der Waals surface area contributed by atoms with E-state index in [0.717, 1.165) is 53.1 Å². The number of aromatic amines is 3. The normalized spacial score (nSPS) is 14.1. The lowest BCUT2D eigenvalue weighted by atomic mass is 9.86. The molecule has 0 aliphatic heterocycles. The van der Waals surface area contributed by atoms with Crippen molar-refractivity contribution < 1.29 is 0 Å². The van der Waals surface area contributed by atoms with Crippen molar-refractivity contribution >= 4 is 21.8 Å². The van der Waals surface area contributed by atoms with Gasteiger partial charge in [-0.15, -0.1) is 0 Å². The number of H-pyrrole nitrogens is 3. The first-order valence-corrected chi connectivity index (χ1v) is 8.32. The minimum atomic E-state index is -0.511. The van der Waals surface area contributed by atoms with Crippen molar-refractivity contribution in [2.24, 2.45) is 0 Å². The molecule has 5 rings (SSSR count). The summed E-state index contributed by atoms with van der Waals surface area (Å²) in [5, 5.41) is 9.34. The Hall–Kier alpha value is -3.22. The van der Waals surface area contributed by atoms with E-state index in [4.69, 9.17) is 4.98 Å². The van der Waals surface area contributed by atoms with Gasteiger partial charge in [0.1, 0.15) is 0 Å². The van der Waals surface area contributed by atoms with Gasteiger partial charge in [0.15, 0.2) is 0 Å². The lowest BCUT2D eigenvalue weighted by molar-refractivity contribution is 0.689. The van der Waals surface area contributed by atoms with Crippen LogP contribution in [0.4, 0.5) is 0 Å². The Kier molecular flexibility index (Phi) is 2.91. The lowest BCUT2D eigenvalue weighted by Gasteiger charge is -2.21. The molecule has 7 heteroatoms. The zero-order valence-corrected chi connectivity index (χ0v) is 13.3. The Balaban J connectivity index is 1.93. The van der Waals surface area contributed by atoms with E-state index >= 15 is 0 Å². The van der Waals surface area contributed by atoms with E-state index < -0.39 is 11.2 Å². The summed E-state index contributed by atoms with van der Waals surface area (Å²) in [5.74, 6) is 0. The summed E-state index contributed by atoms with van der Waals surface area (Å²) in [5.41, 5.74) is 4.33. The SMILES string of the molecule is O=c1[nH]cc(-c2nc3ccc4[nH]ncc4c3c3c2CCCC3)c(=O)[nH]1. The summed E-state index contributed by atoms with van der Waals surface area (Å²) < 4.78 is 0. The summed E-state index contributed by atoms with van der Waals surface area (Å²) >= 11 is 0. The first kappa shape index (κ1) is 14.2. The van der Waals surface area contributed by atoms with E-state index in [1.807, 2.05) is 18.3 Å². The summed E-state index contributed by atoms with van der Waals surface area (Å²) in [7, 11) is 0. The van der Waals surface area contributed by atoms with E-state index in [-0.39, 0.29) is 0 Å². The molecule has 0 bridgehead atoms. The molecule has 3 aromatic heterocycles. The molecule has 0 amide bonds. The van der Waals surface area contributed by atoms with Crippen molar-refractivity contribution in [3.63, 3.8) is 0 Å². The number of nitrogens with one attached hydrogen (secondary N) is 3. The first-order valence-electron chi connectivity index (χ1n) is 8.32. The molecule has 0 fully saturated rings. The number of aromatic nitrogens is 5. The summed E-state index contributed by atoms with van der Waals surface area (Å²) in [4.78, 5) is 33.3. The second-order valence-corrected chi connectivity index (χ2v) is 6.40. The smallest absolute Gasteiger partial charge is 0.313 e. The minimum Gasteiger partial charge on any atom is -0.313 e. The van der Waals surface area contributed by atoms with Crippen molar-refractivity contribution in [2.45, 2.75) is 25.7 Å². The molecule has 1 aliphatic carbocycles. The molecule has 1 aromatic carbocycles. The van der Waals surface area contributed by atoms with Gasteiger partial charge < -0.3 is 4.98 Å². The Morgan fingerprint density at radius 3 is 2.72 bits per heavy atom. The number of pyridine rings is 1. The fourth-order valence-corrected chi connectivity index (χ4v) is 3.86. The zero-order valence-electron chi connectivity index (χ0n) is 13.3. The van der Waals surface area contributed by atoms with Gasteiger partial charge in [-0.1, -0.05) is 0 Å². The van der Waals surface area contributed by atoms with Crippen molar-refractivity contribution in [2.75, 3.05) is 0 Å². The fraction of sp³-hybridized carbons (Fsp3) is 0.222. The van der Waals surface area contributed by atoms with Crippen molar-refractivity contribution in [1.82, 2.24) is 25.1 Å². The van der Waals surface area contributed by atoms with Gasteiger partial charge in [0.05, 0.1) is 28.5 Å². The molecular weight excluding hydrogens is 318 g/mol. The van der Waals surface area contributed by atoms with Crippen molar-refractivity contribution in [1.29, 1.82) is 0 Å². The molecule has 0 radical (unpaired) electrons. The van der Waals surface area contributed by atoms with Gasteiger partial charge in [0.2, 0.25) is 0 Å². The van der Waals surface area contributed by atoms with Gasteiger partial charge in [0.25, 0.3) is 5.56 Å². The number of hydrogen-bond acceptors (Lipinski definition) is 4. The van der Waals surface area contributed by atoms with E-state index in [9.17, 15) is 9.59 Å². The maximum atomic E-state index is 12.3. The molecule has 4 aromatic rings. The highest BCUT2D eigenvalue weighted by molar-refractivity contribution is 6.07. The molecule has 3 heterocycles. The number of nitrogens with zero attached hydrogens (tertiary/aromatic N) is 2. The highest BCUT2D eigenvalue weighted by Gasteiger charge is 2.22. The number of rotatable bonds is 1. The average molecular weight is 333 g/mol. The van der Waals surface area contributed by atoms with Gasteiger partial charge in [-0.25, -0.2) is 9.78 Å². The van der Waals surface area contributed by atoms with Crippen LogP contribution in [0.5, 0.6) is 0 Å². The fourth-order valence-electron chi connectivity index (χ4n) is 3.86. The third-order valence-corrected chi connectivity index (χ3v) is 4.96. The highest BCUT2D eigenvalue weighted by atomic mass is 16.2. The Bertz CT molecular complexity index is 1250. The van der Waals surface area contributed by atoms with Crippen LogP contribution >= 0.6 is 0 Å². The average Bonchev–Trinajstić information content (AvgIpc) is 3.10. The molecule has 25 heavy (non-hydrogen) atoms. The standard InChI is InChI=1S/C18H15N5O2/c24-17-12(7-19-18(25)22-17)16-10-4-2-1-3-9(10)15-11-8-20-23-13(11)5-6-14(15)21-16/h5-8H,1-4H2,(H,20,23)(H2,19,22,24,25). The van der Waals surface area contributed by atoms with Crippen molar-refractivity contribution in [3.8, 4) is 11.3 Å². The summed E-state index contributed by atoms with van der Waals surface area (Å²) in [6.45, 7) is 0. The first-order chi connectivity index (χ1) is 12.2. The van der Waals surface area contributed by atoms with Gasteiger partial charge in [0, 0.05) is 17.0 Å². The Labute approximate surface area is 141 Å². The Morgan fingerprint density at radius 2 is 1.88 bits per heavy atom. The molecule has 1 aliphatic rings. The second-order valence-electron chi connectivity index (χ2n) is 6.40. The minimum absolute atomic E-state index is 0.409. The van der Waals surface area contributed by atoms with Crippen LogP contribution in [-0.4, -0.2) is 25.1 Å². The third-order valence-electron chi connectivity index (χ3n) is 4.96. The predicted octanol–water partition coefficient (Wildman–Crippen LogP) is 2.03. The molecule has 124 valence electrons. The largest absolute Gasteiger partial charge is 0.325 e. The monoisotopic (exact) mass is 333 g/mol. The highest BCUT2D eigenvalue weighted by Crippen LogP contribution is 2.36. The third kappa shape index (κ3) is 2.05. The summed E-state index contributed by atoms with van der Waals surface area (Å²) in [6, 6.07) is 3.90. The maximum Gasteiger partial charge on any atom is 0.325 e. The molecule has 0 unspecified atom stereocenters. The van der Waals surface area contributed by atoms with E-state index in [1.54, 1.807) is 0 Å². The van der Waals surface area contributed by atoms with Gasteiger partial charge in [-0.3, -0.25) is 14.9 Å². The molecule has 3 N–H and O–H groups in total. The zero-order chi connectivity index (χ0) is 17.0. The van der Waals surface area contributed by atoms with Crippen LogP contribution in [0.1, 0.15) is 24.0 Å². The lowest BCUT2D eigenvalue weighted by Crippen LogP contribution is -2.23. The Morgan fingerprint density at radius 1 is 1.04 bits per heavy atom. The van der Waals surface area contributed by atoms with Crippen LogP contribution in [-0.2, 0) is 12.8 Å².